The number of ether oxygens (including phenoxy) is 2. The van der Waals surface area contributed by atoms with Crippen molar-refractivity contribution in [3.05, 3.63) is 47.5 Å². The van der Waals surface area contributed by atoms with E-state index in [4.69, 9.17) is 9.47 Å². The largest absolute Gasteiger partial charge is 0.480 e. The first-order chi connectivity index (χ1) is 11.2. The molecule has 0 saturated carbocycles. The lowest BCUT2D eigenvalue weighted by atomic mass is 10.1. The summed E-state index contributed by atoms with van der Waals surface area (Å²) < 4.78 is 10.8. The molecular formula is C17H19N3O3. The second kappa shape index (κ2) is 6.64. The van der Waals surface area contributed by atoms with E-state index >= 15 is 0 Å². The highest BCUT2D eigenvalue weighted by Crippen LogP contribution is 2.19. The van der Waals surface area contributed by atoms with Crippen LogP contribution in [-0.2, 0) is 0 Å². The van der Waals surface area contributed by atoms with Gasteiger partial charge in [0.25, 0.3) is 5.91 Å². The van der Waals surface area contributed by atoms with Gasteiger partial charge in [0, 0.05) is 30.7 Å². The van der Waals surface area contributed by atoms with Gasteiger partial charge in [-0.05, 0) is 19.1 Å². The molecule has 1 saturated heterocycles. The van der Waals surface area contributed by atoms with E-state index < -0.39 is 0 Å². The number of carbonyl (C=O) groups excluding carboxylic acids is 1. The Morgan fingerprint density at radius 3 is 2.48 bits per heavy atom. The van der Waals surface area contributed by atoms with Crippen molar-refractivity contribution < 1.29 is 14.3 Å². The van der Waals surface area contributed by atoms with E-state index in [9.17, 15) is 4.79 Å². The normalized spacial score (nSPS) is 17.1. The number of aromatic nitrogens is 2. The van der Waals surface area contributed by atoms with Crippen LogP contribution in [0.1, 0.15) is 22.3 Å². The van der Waals surface area contributed by atoms with Crippen LogP contribution in [0.25, 0.3) is 0 Å². The van der Waals surface area contributed by atoms with Crippen molar-refractivity contribution in [2.45, 2.75) is 19.4 Å². The van der Waals surface area contributed by atoms with Gasteiger partial charge in [-0.2, -0.15) is 0 Å². The molecule has 1 aliphatic rings. The maximum atomic E-state index is 12.5. The first-order valence-electron chi connectivity index (χ1n) is 7.56. The second-order valence-electron chi connectivity index (χ2n) is 5.56. The average Bonchev–Trinajstić information content (AvgIpc) is 3.04. The average molecular weight is 313 g/mol. The highest BCUT2D eigenvalue weighted by molar-refractivity contribution is 5.94. The van der Waals surface area contributed by atoms with Crippen LogP contribution in [0.2, 0.25) is 0 Å². The third-order valence-corrected chi connectivity index (χ3v) is 3.84. The summed E-state index contributed by atoms with van der Waals surface area (Å²) in [4.78, 5) is 14.3. The van der Waals surface area contributed by atoms with Gasteiger partial charge in [0.1, 0.15) is 6.10 Å². The third kappa shape index (κ3) is 3.59. The zero-order valence-electron chi connectivity index (χ0n) is 13.2. The highest BCUT2D eigenvalue weighted by Gasteiger charge is 2.28. The van der Waals surface area contributed by atoms with Gasteiger partial charge in [-0.3, -0.25) is 4.79 Å². The minimum absolute atomic E-state index is 0.0388. The van der Waals surface area contributed by atoms with E-state index in [0.717, 1.165) is 12.0 Å². The van der Waals surface area contributed by atoms with Gasteiger partial charge in [-0.15, -0.1) is 10.2 Å². The lowest BCUT2D eigenvalue weighted by Gasteiger charge is -2.17. The minimum Gasteiger partial charge on any atom is -0.480 e. The fourth-order valence-electron chi connectivity index (χ4n) is 2.54. The number of benzene rings is 1. The van der Waals surface area contributed by atoms with Crippen LogP contribution in [0.5, 0.6) is 11.8 Å². The van der Waals surface area contributed by atoms with Crippen LogP contribution < -0.4 is 9.47 Å². The Balaban J connectivity index is 1.59. The Labute approximate surface area is 135 Å². The molecule has 6 nitrogen and oxygen atoms in total. The molecule has 0 spiro atoms. The molecule has 1 atom stereocenters. The van der Waals surface area contributed by atoms with E-state index in [1.807, 2.05) is 36.1 Å². The number of aryl methyl sites for hydroxylation is 1. The maximum absolute atomic E-state index is 12.5. The van der Waals surface area contributed by atoms with Crippen LogP contribution in [-0.4, -0.2) is 47.3 Å². The van der Waals surface area contributed by atoms with Crippen LogP contribution >= 0.6 is 0 Å². The molecule has 1 aromatic carbocycles. The zero-order valence-corrected chi connectivity index (χ0v) is 13.2. The van der Waals surface area contributed by atoms with Crippen molar-refractivity contribution in [3.63, 3.8) is 0 Å². The summed E-state index contributed by atoms with van der Waals surface area (Å²) in [5.41, 5.74) is 1.85. The summed E-state index contributed by atoms with van der Waals surface area (Å²) in [6.45, 7) is 3.24. The maximum Gasteiger partial charge on any atom is 0.253 e. The standard InChI is InChI=1S/C17H19N3O3/c1-12-3-5-13(6-4-12)17(21)20-10-9-14(11-20)23-16-8-7-15(22-2)18-19-16/h3-8,14H,9-11H2,1-2H3. The zero-order chi connectivity index (χ0) is 16.2. The third-order valence-electron chi connectivity index (χ3n) is 3.84. The minimum atomic E-state index is -0.0629. The van der Waals surface area contributed by atoms with E-state index in [1.165, 1.54) is 7.11 Å². The van der Waals surface area contributed by atoms with Crippen molar-refractivity contribution in [2.75, 3.05) is 20.2 Å². The van der Waals surface area contributed by atoms with Gasteiger partial charge in [0.15, 0.2) is 0 Å². The highest BCUT2D eigenvalue weighted by atomic mass is 16.5. The quantitative estimate of drug-likeness (QED) is 0.865. The molecule has 23 heavy (non-hydrogen) atoms. The number of rotatable bonds is 4. The monoisotopic (exact) mass is 313 g/mol. The molecule has 1 fully saturated rings. The van der Waals surface area contributed by atoms with Crippen molar-refractivity contribution in [1.82, 2.24) is 15.1 Å². The molecule has 1 unspecified atom stereocenters. The SMILES string of the molecule is COc1ccc(OC2CCN(C(=O)c3ccc(C)cc3)C2)nn1. The summed E-state index contributed by atoms with van der Waals surface area (Å²) >= 11 is 0. The second-order valence-corrected chi connectivity index (χ2v) is 5.56. The molecule has 6 heteroatoms. The number of methoxy groups -OCH3 is 1. The van der Waals surface area contributed by atoms with Crippen molar-refractivity contribution in [2.24, 2.45) is 0 Å². The Kier molecular flexibility index (Phi) is 4.41. The predicted octanol–water partition coefficient (Wildman–Crippen LogP) is 2.09. The number of hydrogen-bond acceptors (Lipinski definition) is 5. The molecule has 1 aromatic heterocycles. The first kappa shape index (κ1) is 15.3. The lowest BCUT2D eigenvalue weighted by molar-refractivity contribution is 0.0771. The van der Waals surface area contributed by atoms with Crippen LogP contribution in [0.3, 0.4) is 0 Å². The molecule has 0 radical (unpaired) electrons. The molecule has 3 rings (SSSR count). The first-order valence-corrected chi connectivity index (χ1v) is 7.56. The molecule has 0 bridgehead atoms. The molecular weight excluding hydrogens is 294 g/mol. The van der Waals surface area contributed by atoms with Crippen molar-refractivity contribution in [1.29, 1.82) is 0 Å². The Bertz CT molecular complexity index is 670. The van der Waals surface area contributed by atoms with Crippen LogP contribution in [0.4, 0.5) is 0 Å². The molecule has 0 N–H and O–H groups in total. The van der Waals surface area contributed by atoms with Gasteiger partial charge >= 0.3 is 0 Å². The van der Waals surface area contributed by atoms with Gasteiger partial charge in [-0.1, -0.05) is 17.7 Å². The van der Waals surface area contributed by atoms with Gasteiger partial charge in [0.2, 0.25) is 11.8 Å². The molecule has 120 valence electrons. The molecule has 2 aromatic rings. The number of hydrogen-bond donors (Lipinski definition) is 0. The molecule has 0 aliphatic carbocycles. The van der Waals surface area contributed by atoms with Gasteiger partial charge in [-0.25, -0.2) is 0 Å². The van der Waals surface area contributed by atoms with E-state index in [-0.39, 0.29) is 12.0 Å². The Morgan fingerprint density at radius 2 is 1.83 bits per heavy atom. The fourth-order valence-corrected chi connectivity index (χ4v) is 2.54. The fraction of sp³-hybridized carbons (Fsp3) is 0.353. The van der Waals surface area contributed by atoms with E-state index in [0.29, 0.717) is 30.4 Å². The van der Waals surface area contributed by atoms with Crippen molar-refractivity contribution >= 4 is 5.91 Å². The van der Waals surface area contributed by atoms with E-state index in [1.54, 1.807) is 12.1 Å². The predicted molar refractivity (Wildman–Crippen MR) is 84.7 cm³/mol. The number of carbonyl (C=O) groups is 1. The van der Waals surface area contributed by atoms with Crippen LogP contribution in [0, 0.1) is 6.92 Å². The van der Waals surface area contributed by atoms with E-state index in [2.05, 4.69) is 10.2 Å². The summed E-state index contributed by atoms with van der Waals surface area (Å²) in [6, 6.07) is 11.0. The number of likely N-dealkylation sites (tertiary alicyclic amines) is 1. The molecule has 1 aliphatic heterocycles. The Morgan fingerprint density at radius 1 is 1.13 bits per heavy atom. The molecule has 2 heterocycles. The smallest absolute Gasteiger partial charge is 0.253 e. The topological polar surface area (TPSA) is 64.6 Å². The lowest BCUT2D eigenvalue weighted by Crippen LogP contribution is -2.31. The summed E-state index contributed by atoms with van der Waals surface area (Å²) in [6.07, 6.45) is 0.720. The van der Waals surface area contributed by atoms with Crippen molar-refractivity contribution in [3.8, 4) is 11.8 Å². The number of amides is 1. The Hall–Kier alpha value is -2.63. The summed E-state index contributed by atoms with van der Waals surface area (Å²) in [5, 5.41) is 7.82. The summed E-state index contributed by atoms with van der Waals surface area (Å²) in [5.74, 6) is 0.928. The number of nitrogens with zero attached hydrogens (tertiary/aromatic N) is 3. The summed E-state index contributed by atoms with van der Waals surface area (Å²) in [7, 11) is 1.54. The van der Waals surface area contributed by atoms with Gasteiger partial charge < -0.3 is 14.4 Å². The van der Waals surface area contributed by atoms with Crippen LogP contribution in [0.15, 0.2) is 36.4 Å². The van der Waals surface area contributed by atoms with Gasteiger partial charge in [0.05, 0.1) is 13.7 Å². The molecule has 1 amide bonds.